The Morgan fingerprint density at radius 1 is 1.39 bits per heavy atom. The van der Waals surface area contributed by atoms with Crippen LogP contribution in [0.1, 0.15) is 34.1 Å². The van der Waals surface area contributed by atoms with Crippen LogP contribution in [0.15, 0.2) is 23.3 Å². The Bertz CT molecular complexity index is 551. The number of carboxylic acids is 1. The van der Waals surface area contributed by atoms with Crippen molar-refractivity contribution in [3.05, 3.63) is 23.3 Å². The normalized spacial score (nSPS) is 23.2. The quantitative estimate of drug-likeness (QED) is 0.825. The number of alkyl carbamates (subject to hydrolysis) is 1. The zero-order valence-corrected chi connectivity index (χ0v) is 13.3. The van der Waals surface area contributed by atoms with E-state index in [1.165, 1.54) is 6.92 Å². The predicted octanol–water partition coefficient (Wildman–Crippen LogP) is 3.42. The highest BCUT2D eigenvalue weighted by Crippen LogP contribution is 2.35. The minimum Gasteiger partial charge on any atom is -0.480 e. The second-order valence-corrected chi connectivity index (χ2v) is 6.33. The summed E-state index contributed by atoms with van der Waals surface area (Å²) in [6.45, 7) is 6.03. The lowest BCUT2D eigenvalue weighted by atomic mass is 9.86. The number of alkyl halides is 1. The van der Waals surface area contributed by atoms with Gasteiger partial charge in [-0.2, -0.15) is 0 Å². The van der Waals surface area contributed by atoms with E-state index in [-0.39, 0.29) is 5.57 Å². The third kappa shape index (κ3) is 5.30. The number of halogens is 3. The Kier molecular flexibility index (Phi) is 5.85. The summed E-state index contributed by atoms with van der Waals surface area (Å²) >= 11 is 0. The number of rotatable bonds is 4. The largest absolute Gasteiger partial charge is 0.480 e. The number of nitrogens with one attached hydrogen (secondary N) is 1. The van der Waals surface area contributed by atoms with Crippen LogP contribution >= 0.6 is 0 Å². The van der Waals surface area contributed by atoms with Crippen molar-refractivity contribution in [2.24, 2.45) is 5.92 Å². The van der Waals surface area contributed by atoms with Crippen molar-refractivity contribution in [3.8, 4) is 0 Å². The number of ether oxygens (including phenoxy) is 1. The summed E-state index contributed by atoms with van der Waals surface area (Å²) in [5.74, 6) is -4.87. The molecule has 23 heavy (non-hydrogen) atoms. The lowest BCUT2D eigenvalue weighted by Crippen LogP contribution is -2.44. The molecule has 1 rings (SSSR count). The van der Waals surface area contributed by atoms with Gasteiger partial charge in [-0.05, 0) is 26.3 Å². The van der Waals surface area contributed by atoms with Crippen molar-refractivity contribution in [1.82, 2.24) is 5.32 Å². The topological polar surface area (TPSA) is 75.6 Å². The van der Waals surface area contributed by atoms with Crippen LogP contribution in [-0.2, 0) is 9.53 Å². The molecule has 8 heteroatoms. The molecule has 3 unspecified atom stereocenters. The first kappa shape index (κ1) is 19.1. The molecule has 0 bridgehead atoms. The van der Waals surface area contributed by atoms with E-state index in [9.17, 15) is 22.8 Å². The standard InChI is InChI=1S/C15H20F3NO4/c1-7-8(9(16)6-10(17)12(7)18)5-11(13(20)21)19-14(22)23-15(2,3)4/h6-7,11-12H,5H2,1-4H3,(H,19,22)(H,20,21). The third-order valence-electron chi connectivity index (χ3n) is 3.24. The van der Waals surface area contributed by atoms with Gasteiger partial charge in [0.1, 0.15) is 23.3 Å². The lowest BCUT2D eigenvalue weighted by Gasteiger charge is -2.26. The number of hydrogen-bond acceptors (Lipinski definition) is 3. The van der Waals surface area contributed by atoms with Crippen LogP contribution in [0.3, 0.4) is 0 Å². The van der Waals surface area contributed by atoms with Gasteiger partial charge in [0.2, 0.25) is 0 Å². The minimum absolute atomic E-state index is 0.206. The lowest BCUT2D eigenvalue weighted by molar-refractivity contribution is -0.139. The molecule has 0 radical (unpaired) electrons. The molecular formula is C15H20F3NO4. The van der Waals surface area contributed by atoms with Crippen molar-refractivity contribution < 1.29 is 32.6 Å². The Labute approximate surface area is 132 Å². The summed E-state index contributed by atoms with van der Waals surface area (Å²) in [6, 6.07) is -1.52. The molecule has 5 nitrogen and oxygen atoms in total. The van der Waals surface area contributed by atoms with Gasteiger partial charge in [0.25, 0.3) is 0 Å². The van der Waals surface area contributed by atoms with E-state index >= 15 is 0 Å². The van der Waals surface area contributed by atoms with Crippen LogP contribution in [0.2, 0.25) is 0 Å². The number of amides is 1. The molecule has 3 atom stereocenters. The number of allylic oxidation sites excluding steroid dienone is 3. The van der Waals surface area contributed by atoms with Gasteiger partial charge in [0.15, 0.2) is 6.17 Å². The van der Waals surface area contributed by atoms with Crippen molar-refractivity contribution in [2.75, 3.05) is 0 Å². The fraction of sp³-hybridized carbons (Fsp3) is 0.600. The monoisotopic (exact) mass is 335 g/mol. The molecule has 0 spiro atoms. The Morgan fingerprint density at radius 3 is 2.43 bits per heavy atom. The smallest absolute Gasteiger partial charge is 0.408 e. The molecule has 0 aromatic rings. The molecule has 0 aromatic carbocycles. The number of hydrogen-bond donors (Lipinski definition) is 2. The molecular weight excluding hydrogens is 315 g/mol. The van der Waals surface area contributed by atoms with Crippen molar-refractivity contribution in [2.45, 2.75) is 51.9 Å². The number of carbonyl (C=O) groups excluding carboxylic acids is 1. The molecule has 2 N–H and O–H groups in total. The fourth-order valence-corrected chi connectivity index (χ4v) is 2.08. The molecule has 1 aliphatic carbocycles. The zero-order valence-electron chi connectivity index (χ0n) is 13.3. The summed E-state index contributed by atoms with van der Waals surface area (Å²) in [7, 11) is 0. The third-order valence-corrected chi connectivity index (χ3v) is 3.24. The van der Waals surface area contributed by atoms with E-state index in [0.29, 0.717) is 6.08 Å². The Balaban J connectivity index is 2.90. The summed E-state index contributed by atoms with van der Waals surface area (Å²) in [5, 5.41) is 11.2. The molecule has 1 aliphatic rings. The first-order valence-corrected chi connectivity index (χ1v) is 7.04. The fourth-order valence-electron chi connectivity index (χ4n) is 2.08. The maximum atomic E-state index is 13.8. The van der Waals surface area contributed by atoms with Crippen molar-refractivity contribution in [1.29, 1.82) is 0 Å². The van der Waals surface area contributed by atoms with E-state index < -0.39 is 53.9 Å². The van der Waals surface area contributed by atoms with Crippen LogP contribution < -0.4 is 5.32 Å². The summed E-state index contributed by atoms with van der Waals surface area (Å²) in [4.78, 5) is 22.9. The number of carboxylic acid groups (broad SMARTS) is 1. The predicted molar refractivity (Wildman–Crippen MR) is 76.8 cm³/mol. The summed E-state index contributed by atoms with van der Waals surface area (Å²) in [6.07, 6.45) is -3.13. The van der Waals surface area contributed by atoms with Gasteiger partial charge in [-0.1, -0.05) is 6.92 Å². The SMILES string of the molecule is CC1C(CC(NC(=O)OC(C)(C)C)C(=O)O)=C(F)C=C(F)C1F. The molecule has 130 valence electrons. The first-order chi connectivity index (χ1) is 10.4. The summed E-state index contributed by atoms with van der Waals surface area (Å²) in [5.41, 5.74) is -1.05. The molecule has 0 saturated carbocycles. The van der Waals surface area contributed by atoms with Gasteiger partial charge in [0.05, 0.1) is 0 Å². The van der Waals surface area contributed by atoms with Gasteiger partial charge in [-0.15, -0.1) is 0 Å². The van der Waals surface area contributed by atoms with E-state index in [0.717, 1.165) is 0 Å². The van der Waals surface area contributed by atoms with Gasteiger partial charge < -0.3 is 15.2 Å². The first-order valence-electron chi connectivity index (χ1n) is 7.04. The minimum atomic E-state index is -2.04. The van der Waals surface area contributed by atoms with Crippen LogP contribution in [0, 0.1) is 5.92 Å². The van der Waals surface area contributed by atoms with Crippen LogP contribution in [0.5, 0.6) is 0 Å². The second kappa shape index (κ2) is 7.06. The average molecular weight is 335 g/mol. The van der Waals surface area contributed by atoms with Gasteiger partial charge >= 0.3 is 12.1 Å². The second-order valence-electron chi connectivity index (χ2n) is 6.33. The highest BCUT2D eigenvalue weighted by Gasteiger charge is 2.34. The van der Waals surface area contributed by atoms with Crippen molar-refractivity contribution in [3.63, 3.8) is 0 Å². The average Bonchev–Trinajstić information content (AvgIpc) is 2.37. The Hall–Kier alpha value is -1.99. The van der Waals surface area contributed by atoms with Crippen LogP contribution in [-0.4, -0.2) is 35.0 Å². The highest BCUT2D eigenvalue weighted by molar-refractivity contribution is 5.80. The molecule has 1 amide bonds. The van der Waals surface area contributed by atoms with Crippen LogP contribution in [0.4, 0.5) is 18.0 Å². The Morgan fingerprint density at radius 2 is 1.96 bits per heavy atom. The van der Waals surface area contributed by atoms with Gasteiger partial charge in [-0.3, -0.25) is 0 Å². The van der Waals surface area contributed by atoms with Gasteiger partial charge in [0, 0.05) is 18.4 Å². The maximum absolute atomic E-state index is 13.8. The van der Waals surface area contributed by atoms with E-state index in [1.807, 2.05) is 0 Å². The number of aliphatic carboxylic acids is 1. The summed E-state index contributed by atoms with van der Waals surface area (Å²) < 4.78 is 45.5. The highest BCUT2D eigenvalue weighted by atomic mass is 19.2. The molecule has 0 aliphatic heterocycles. The van der Waals surface area contributed by atoms with Gasteiger partial charge in [-0.25, -0.2) is 22.8 Å². The van der Waals surface area contributed by atoms with Crippen molar-refractivity contribution >= 4 is 12.1 Å². The molecule has 0 fully saturated rings. The molecule has 0 saturated heterocycles. The molecule has 0 heterocycles. The molecule has 0 aromatic heterocycles. The maximum Gasteiger partial charge on any atom is 0.408 e. The van der Waals surface area contributed by atoms with E-state index in [2.05, 4.69) is 5.32 Å². The van der Waals surface area contributed by atoms with E-state index in [1.54, 1.807) is 20.8 Å². The van der Waals surface area contributed by atoms with E-state index in [4.69, 9.17) is 9.84 Å². The van der Waals surface area contributed by atoms with Crippen LogP contribution in [0.25, 0.3) is 0 Å². The zero-order chi connectivity index (χ0) is 17.9. The number of carbonyl (C=O) groups is 2.